The van der Waals surface area contributed by atoms with E-state index in [0.29, 0.717) is 25.0 Å². The smallest absolute Gasteiger partial charge is 0.406 e. The highest BCUT2D eigenvalue weighted by atomic mass is 16.5. The number of allylic oxidation sites excluding steroid dienone is 1. The number of methoxy groups -OCH3 is 1. The zero-order valence-corrected chi connectivity index (χ0v) is 14.2. The average molecular weight is 310 g/mol. The van der Waals surface area contributed by atoms with Crippen molar-refractivity contribution in [2.45, 2.75) is 52.1 Å². The Morgan fingerprint density at radius 2 is 2.09 bits per heavy atom. The molecule has 0 aromatic heterocycles. The third-order valence-electron chi connectivity index (χ3n) is 3.55. The van der Waals surface area contributed by atoms with Crippen LogP contribution in [-0.2, 0) is 4.74 Å². The monoisotopic (exact) mass is 310 g/mol. The van der Waals surface area contributed by atoms with E-state index in [1.807, 2.05) is 6.08 Å². The van der Waals surface area contributed by atoms with E-state index in [9.17, 15) is 4.79 Å². The molecule has 0 saturated heterocycles. The number of nitrogens with two attached hydrogens (primary N) is 1. The standard InChI is InChI=1S/C16H30N4O2/c1-11(2)15(18-8-5-9-19-16(21)22-4)10-14(17)12(3)20-13-6-7-13/h10-13,20H,5-9,17H2,1-4H3,(H,19,21)/t12-/m1/s1. The van der Waals surface area contributed by atoms with Gasteiger partial charge in [-0.25, -0.2) is 4.79 Å². The lowest BCUT2D eigenvalue weighted by Crippen LogP contribution is -2.33. The van der Waals surface area contributed by atoms with Gasteiger partial charge in [-0.2, -0.15) is 0 Å². The van der Waals surface area contributed by atoms with E-state index in [1.54, 1.807) is 0 Å². The summed E-state index contributed by atoms with van der Waals surface area (Å²) in [5.74, 6) is 0.320. The Labute approximate surface area is 133 Å². The van der Waals surface area contributed by atoms with Crippen LogP contribution in [0.1, 0.15) is 40.0 Å². The molecular formula is C16H30N4O2. The quantitative estimate of drug-likeness (QED) is 0.447. The molecule has 0 heterocycles. The van der Waals surface area contributed by atoms with Crippen molar-refractivity contribution in [1.82, 2.24) is 10.6 Å². The van der Waals surface area contributed by atoms with Crippen LogP contribution in [0.2, 0.25) is 0 Å². The minimum Gasteiger partial charge on any atom is -0.453 e. The Morgan fingerprint density at radius 1 is 1.41 bits per heavy atom. The highest BCUT2D eigenvalue weighted by Crippen LogP contribution is 2.20. The minimum absolute atomic E-state index is 0.178. The fraction of sp³-hybridized carbons (Fsp3) is 0.750. The van der Waals surface area contributed by atoms with Crippen LogP contribution in [0, 0.1) is 5.92 Å². The summed E-state index contributed by atoms with van der Waals surface area (Å²) in [5, 5.41) is 6.13. The molecule has 1 saturated carbocycles. The maximum Gasteiger partial charge on any atom is 0.406 e. The zero-order valence-electron chi connectivity index (χ0n) is 14.2. The lowest BCUT2D eigenvalue weighted by Gasteiger charge is -2.15. The molecule has 1 atom stereocenters. The van der Waals surface area contributed by atoms with Gasteiger partial charge in [0.25, 0.3) is 0 Å². The summed E-state index contributed by atoms with van der Waals surface area (Å²) in [6, 6.07) is 0.809. The summed E-state index contributed by atoms with van der Waals surface area (Å²) in [7, 11) is 1.36. The number of hydrogen-bond donors (Lipinski definition) is 3. The predicted octanol–water partition coefficient (Wildman–Crippen LogP) is 1.81. The zero-order chi connectivity index (χ0) is 16.5. The van der Waals surface area contributed by atoms with Gasteiger partial charge in [-0.3, -0.25) is 4.99 Å². The Kier molecular flexibility index (Phi) is 7.95. The van der Waals surface area contributed by atoms with Gasteiger partial charge in [0, 0.05) is 36.6 Å². The van der Waals surface area contributed by atoms with Gasteiger partial charge in [0.2, 0.25) is 0 Å². The molecule has 0 spiro atoms. The average Bonchev–Trinajstić information content (AvgIpc) is 3.28. The normalized spacial score (nSPS) is 17.5. The van der Waals surface area contributed by atoms with Gasteiger partial charge in [-0.15, -0.1) is 0 Å². The van der Waals surface area contributed by atoms with Crippen LogP contribution in [0.5, 0.6) is 0 Å². The molecule has 1 fully saturated rings. The van der Waals surface area contributed by atoms with Crippen molar-refractivity contribution in [3.05, 3.63) is 11.8 Å². The van der Waals surface area contributed by atoms with E-state index < -0.39 is 6.09 Å². The topological polar surface area (TPSA) is 88.7 Å². The van der Waals surface area contributed by atoms with E-state index in [-0.39, 0.29) is 6.04 Å². The van der Waals surface area contributed by atoms with Crippen molar-refractivity contribution in [3.8, 4) is 0 Å². The van der Waals surface area contributed by atoms with Crippen LogP contribution in [0.3, 0.4) is 0 Å². The lowest BCUT2D eigenvalue weighted by atomic mass is 10.1. The second-order valence-corrected chi connectivity index (χ2v) is 6.04. The fourth-order valence-electron chi connectivity index (χ4n) is 1.94. The van der Waals surface area contributed by atoms with Gasteiger partial charge in [-0.05, 0) is 38.2 Å². The first-order chi connectivity index (χ1) is 10.4. The molecule has 6 heteroatoms. The van der Waals surface area contributed by atoms with Crippen LogP contribution in [0.4, 0.5) is 4.79 Å². The third-order valence-corrected chi connectivity index (χ3v) is 3.55. The number of alkyl carbamates (subject to hydrolysis) is 1. The van der Waals surface area contributed by atoms with Gasteiger partial charge >= 0.3 is 6.09 Å². The van der Waals surface area contributed by atoms with Crippen molar-refractivity contribution in [2.24, 2.45) is 16.6 Å². The molecule has 1 rings (SSSR count). The van der Waals surface area contributed by atoms with Gasteiger partial charge < -0.3 is 21.1 Å². The number of rotatable bonds is 9. The second-order valence-electron chi connectivity index (χ2n) is 6.04. The second kappa shape index (κ2) is 9.46. The van der Waals surface area contributed by atoms with Crippen molar-refractivity contribution < 1.29 is 9.53 Å². The number of hydrogen-bond acceptors (Lipinski definition) is 5. The molecule has 1 amide bonds. The largest absolute Gasteiger partial charge is 0.453 e. The molecule has 0 unspecified atom stereocenters. The van der Waals surface area contributed by atoms with Gasteiger partial charge in [0.05, 0.1) is 7.11 Å². The molecule has 1 aliphatic rings. The predicted molar refractivity (Wildman–Crippen MR) is 90.1 cm³/mol. The number of carbonyl (C=O) groups excluding carboxylic acids is 1. The molecule has 6 nitrogen and oxygen atoms in total. The Balaban J connectivity index is 2.45. The summed E-state index contributed by atoms with van der Waals surface area (Å²) in [6.45, 7) is 7.51. The molecule has 0 radical (unpaired) electrons. The van der Waals surface area contributed by atoms with Crippen LogP contribution < -0.4 is 16.4 Å². The molecule has 0 aromatic rings. The van der Waals surface area contributed by atoms with Gasteiger partial charge in [-0.1, -0.05) is 13.8 Å². The number of nitrogens with one attached hydrogen (secondary N) is 2. The van der Waals surface area contributed by atoms with Crippen molar-refractivity contribution >= 4 is 11.8 Å². The Morgan fingerprint density at radius 3 is 2.64 bits per heavy atom. The van der Waals surface area contributed by atoms with Crippen molar-refractivity contribution in [1.29, 1.82) is 0 Å². The molecule has 0 bridgehead atoms. The first-order valence-corrected chi connectivity index (χ1v) is 8.03. The van der Waals surface area contributed by atoms with E-state index >= 15 is 0 Å². The summed E-state index contributed by atoms with van der Waals surface area (Å²) in [6.07, 6.45) is 4.84. The number of carbonyl (C=O) groups is 1. The highest BCUT2D eigenvalue weighted by molar-refractivity contribution is 5.97. The van der Waals surface area contributed by atoms with Gasteiger partial charge in [0.15, 0.2) is 0 Å². The number of aliphatic imine (C=N–C) groups is 1. The van der Waals surface area contributed by atoms with Gasteiger partial charge in [0.1, 0.15) is 0 Å². The summed E-state index contributed by atoms with van der Waals surface area (Å²) in [5.41, 5.74) is 7.99. The van der Waals surface area contributed by atoms with E-state index in [4.69, 9.17) is 5.73 Å². The molecule has 126 valence electrons. The molecule has 0 aromatic carbocycles. The molecule has 22 heavy (non-hydrogen) atoms. The first-order valence-electron chi connectivity index (χ1n) is 8.03. The summed E-state index contributed by atoms with van der Waals surface area (Å²) in [4.78, 5) is 15.5. The molecule has 0 aliphatic heterocycles. The van der Waals surface area contributed by atoms with E-state index in [2.05, 4.69) is 41.1 Å². The molecule has 4 N–H and O–H groups in total. The molecule has 1 aliphatic carbocycles. The van der Waals surface area contributed by atoms with Crippen molar-refractivity contribution in [2.75, 3.05) is 20.2 Å². The number of ether oxygens (including phenoxy) is 1. The molecular weight excluding hydrogens is 280 g/mol. The third kappa shape index (κ3) is 7.45. The maximum atomic E-state index is 10.9. The van der Waals surface area contributed by atoms with Crippen LogP contribution in [-0.4, -0.2) is 44.1 Å². The number of amides is 1. The maximum absolute atomic E-state index is 10.9. The van der Waals surface area contributed by atoms with Crippen molar-refractivity contribution in [3.63, 3.8) is 0 Å². The Bertz CT molecular complexity index is 414. The summed E-state index contributed by atoms with van der Waals surface area (Å²) >= 11 is 0. The minimum atomic E-state index is -0.405. The first kappa shape index (κ1) is 18.5. The van der Waals surface area contributed by atoms with E-state index in [0.717, 1.165) is 17.8 Å². The van der Waals surface area contributed by atoms with E-state index in [1.165, 1.54) is 20.0 Å². The lowest BCUT2D eigenvalue weighted by molar-refractivity contribution is 0.171. The highest BCUT2D eigenvalue weighted by Gasteiger charge is 2.23. The van der Waals surface area contributed by atoms with Crippen LogP contribution in [0.25, 0.3) is 0 Å². The SMILES string of the molecule is COC(=O)NCCCN=C(C=C(N)[C@@H](C)NC1CC1)C(C)C. The fourth-order valence-corrected chi connectivity index (χ4v) is 1.94. The Hall–Kier alpha value is -1.56. The number of nitrogens with zero attached hydrogens (tertiary/aromatic N) is 1. The summed E-state index contributed by atoms with van der Waals surface area (Å²) < 4.78 is 4.51. The van der Waals surface area contributed by atoms with Crippen LogP contribution >= 0.6 is 0 Å². The van der Waals surface area contributed by atoms with Crippen LogP contribution in [0.15, 0.2) is 16.8 Å².